The van der Waals surface area contributed by atoms with Gasteiger partial charge in [0, 0.05) is 10.0 Å². The number of hydrogen-bond acceptors (Lipinski definition) is 1. The zero-order valence-corrected chi connectivity index (χ0v) is 12.4. The van der Waals surface area contributed by atoms with E-state index in [2.05, 4.69) is 31.9 Å². The minimum absolute atomic E-state index is 0.0689. The molecule has 19 heavy (non-hydrogen) atoms. The Kier molecular flexibility index (Phi) is 4.10. The second-order valence-corrected chi connectivity index (χ2v) is 5.41. The maximum Gasteiger partial charge on any atom is 0.197 e. The van der Waals surface area contributed by atoms with Gasteiger partial charge in [0.15, 0.2) is 5.78 Å². The van der Waals surface area contributed by atoms with Gasteiger partial charge < -0.3 is 0 Å². The van der Waals surface area contributed by atoms with E-state index < -0.39 is 28.8 Å². The molecule has 2 rings (SSSR count). The third-order valence-corrected chi connectivity index (χ3v) is 3.73. The summed E-state index contributed by atoms with van der Waals surface area (Å²) in [6.45, 7) is 0. The van der Waals surface area contributed by atoms with E-state index in [9.17, 15) is 18.0 Å². The van der Waals surface area contributed by atoms with Crippen LogP contribution in [0.4, 0.5) is 13.2 Å². The number of carbonyl (C=O) groups excluding carboxylic acids is 1. The summed E-state index contributed by atoms with van der Waals surface area (Å²) < 4.78 is 40.4. The first kappa shape index (κ1) is 14.3. The zero-order chi connectivity index (χ0) is 14.2. The van der Waals surface area contributed by atoms with Crippen molar-refractivity contribution in [1.82, 2.24) is 0 Å². The van der Waals surface area contributed by atoms with Crippen molar-refractivity contribution in [3.05, 3.63) is 67.9 Å². The molecule has 0 unspecified atom stereocenters. The second kappa shape index (κ2) is 5.46. The molecule has 0 bridgehead atoms. The highest BCUT2D eigenvalue weighted by Crippen LogP contribution is 2.25. The second-order valence-electron chi connectivity index (χ2n) is 3.70. The van der Waals surface area contributed by atoms with Crippen LogP contribution >= 0.6 is 31.9 Å². The van der Waals surface area contributed by atoms with E-state index in [1.807, 2.05) is 0 Å². The number of hydrogen-bond donors (Lipinski definition) is 0. The molecule has 0 aliphatic heterocycles. The number of halogens is 5. The summed E-state index contributed by atoms with van der Waals surface area (Å²) in [6, 6.07) is 5.08. The van der Waals surface area contributed by atoms with Crippen LogP contribution < -0.4 is 0 Å². The highest BCUT2D eigenvalue weighted by atomic mass is 79.9. The van der Waals surface area contributed by atoms with Crippen LogP contribution in [-0.2, 0) is 0 Å². The third kappa shape index (κ3) is 2.90. The van der Waals surface area contributed by atoms with E-state index in [0.717, 1.165) is 24.3 Å². The Bertz CT molecular complexity index is 671. The van der Waals surface area contributed by atoms with Crippen molar-refractivity contribution in [1.29, 1.82) is 0 Å². The molecule has 0 fully saturated rings. The molecule has 0 atom stereocenters. The van der Waals surface area contributed by atoms with E-state index >= 15 is 0 Å². The molecule has 98 valence electrons. The first-order valence-electron chi connectivity index (χ1n) is 5.04. The first-order chi connectivity index (χ1) is 8.90. The normalized spacial score (nSPS) is 10.6. The van der Waals surface area contributed by atoms with E-state index in [1.165, 1.54) is 6.07 Å². The highest BCUT2D eigenvalue weighted by molar-refractivity contribution is 9.10. The van der Waals surface area contributed by atoms with Crippen molar-refractivity contribution in [2.24, 2.45) is 0 Å². The molecule has 0 saturated carbocycles. The number of carbonyl (C=O) groups is 1. The monoisotopic (exact) mass is 392 g/mol. The van der Waals surface area contributed by atoms with Crippen molar-refractivity contribution >= 4 is 37.6 Å². The average molecular weight is 394 g/mol. The molecule has 2 aromatic rings. The zero-order valence-electron chi connectivity index (χ0n) is 9.18. The fourth-order valence-electron chi connectivity index (χ4n) is 1.51. The molecule has 0 N–H and O–H groups in total. The van der Waals surface area contributed by atoms with Crippen LogP contribution in [0, 0.1) is 17.5 Å². The van der Waals surface area contributed by atoms with Crippen LogP contribution in [-0.4, -0.2) is 5.78 Å². The minimum Gasteiger partial charge on any atom is -0.288 e. The van der Waals surface area contributed by atoms with Crippen LogP contribution in [0.5, 0.6) is 0 Å². The summed E-state index contributed by atoms with van der Waals surface area (Å²) in [5, 5.41) is 0. The standard InChI is InChI=1S/C13H5Br2F3O/c14-9-2-1-6(16)3-7(9)13(19)8-4-12(18)10(15)5-11(8)17/h1-5H. The van der Waals surface area contributed by atoms with Crippen molar-refractivity contribution in [3.63, 3.8) is 0 Å². The van der Waals surface area contributed by atoms with Gasteiger partial charge in [-0.05, 0) is 46.3 Å². The predicted molar refractivity (Wildman–Crippen MR) is 71.6 cm³/mol. The van der Waals surface area contributed by atoms with Gasteiger partial charge in [-0.3, -0.25) is 4.79 Å². The summed E-state index contributed by atoms with van der Waals surface area (Å²) >= 11 is 5.89. The smallest absolute Gasteiger partial charge is 0.197 e. The Morgan fingerprint density at radius 3 is 2.21 bits per heavy atom. The third-order valence-electron chi connectivity index (χ3n) is 2.43. The Labute approximate surface area is 123 Å². The van der Waals surface area contributed by atoms with Gasteiger partial charge in [0.05, 0.1) is 10.0 Å². The summed E-state index contributed by atoms with van der Waals surface area (Å²) in [4.78, 5) is 12.1. The van der Waals surface area contributed by atoms with Gasteiger partial charge >= 0.3 is 0 Å². The van der Waals surface area contributed by atoms with Gasteiger partial charge in [-0.25, -0.2) is 13.2 Å². The summed E-state index contributed by atoms with van der Waals surface area (Å²) in [7, 11) is 0. The van der Waals surface area contributed by atoms with Gasteiger partial charge in [0.1, 0.15) is 17.5 Å². The maximum absolute atomic E-state index is 13.7. The van der Waals surface area contributed by atoms with Crippen molar-refractivity contribution in [3.8, 4) is 0 Å². The largest absolute Gasteiger partial charge is 0.288 e. The SMILES string of the molecule is O=C(c1cc(F)c(Br)cc1F)c1cc(F)ccc1Br. The molecule has 0 saturated heterocycles. The fourth-order valence-corrected chi connectivity index (χ4v) is 2.26. The Morgan fingerprint density at radius 2 is 1.53 bits per heavy atom. The van der Waals surface area contributed by atoms with E-state index in [0.29, 0.717) is 4.47 Å². The van der Waals surface area contributed by atoms with Gasteiger partial charge in [-0.1, -0.05) is 15.9 Å². The number of benzene rings is 2. The molecule has 1 nitrogen and oxygen atoms in total. The summed E-state index contributed by atoms with van der Waals surface area (Å²) in [5.41, 5.74) is -0.521. The van der Waals surface area contributed by atoms with Crippen molar-refractivity contribution < 1.29 is 18.0 Å². The number of rotatable bonds is 2. The maximum atomic E-state index is 13.7. The first-order valence-corrected chi connectivity index (χ1v) is 6.63. The lowest BCUT2D eigenvalue weighted by Crippen LogP contribution is -2.06. The van der Waals surface area contributed by atoms with Gasteiger partial charge in [-0.2, -0.15) is 0 Å². The molecule has 0 amide bonds. The average Bonchev–Trinajstić information content (AvgIpc) is 2.36. The van der Waals surface area contributed by atoms with E-state index in [-0.39, 0.29) is 10.0 Å². The molecular weight excluding hydrogens is 389 g/mol. The predicted octanol–water partition coefficient (Wildman–Crippen LogP) is 4.86. The fraction of sp³-hybridized carbons (Fsp3) is 0. The molecule has 2 aromatic carbocycles. The molecule has 0 aliphatic carbocycles. The van der Waals surface area contributed by atoms with Gasteiger partial charge in [0.2, 0.25) is 0 Å². The lowest BCUT2D eigenvalue weighted by Gasteiger charge is -2.06. The van der Waals surface area contributed by atoms with Gasteiger partial charge in [0.25, 0.3) is 0 Å². The van der Waals surface area contributed by atoms with Crippen LogP contribution in [0.2, 0.25) is 0 Å². The molecule has 0 aliphatic rings. The lowest BCUT2D eigenvalue weighted by atomic mass is 10.0. The molecule has 6 heteroatoms. The summed E-state index contributed by atoms with van der Waals surface area (Å²) in [5.74, 6) is -3.08. The van der Waals surface area contributed by atoms with Crippen LogP contribution in [0.3, 0.4) is 0 Å². The lowest BCUT2D eigenvalue weighted by molar-refractivity contribution is 0.103. The van der Waals surface area contributed by atoms with Gasteiger partial charge in [-0.15, -0.1) is 0 Å². The Hall–Kier alpha value is -1.14. The van der Waals surface area contributed by atoms with Crippen LogP contribution in [0.1, 0.15) is 15.9 Å². The molecular formula is C13H5Br2F3O. The van der Waals surface area contributed by atoms with Crippen molar-refractivity contribution in [2.45, 2.75) is 0 Å². The Balaban J connectivity index is 2.56. The van der Waals surface area contributed by atoms with E-state index in [1.54, 1.807) is 0 Å². The van der Waals surface area contributed by atoms with E-state index in [4.69, 9.17) is 0 Å². The quantitative estimate of drug-likeness (QED) is 0.526. The number of ketones is 1. The van der Waals surface area contributed by atoms with Crippen molar-refractivity contribution in [2.75, 3.05) is 0 Å². The molecule has 0 spiro atoms. The topological polar surface area (TPSA) is 17.1 Å². The molecule has 0 radical (unpaired) electrons. The Morgan fingerprint density at radius 1 is 0.842 bits per heavy atom. The van der Waals surface area contributed by atoms with Crippen LogP contribution in [0.25, 0.3) is 0 Å². The summed E-state index contributed by atoms with van der Waals surface area (Å²) in [6.07, 6.45) is 0. The highest BCUT2D eigenvalue weighted by Gasteiger charge is 2.19. The van der Waals surface area contributed by atoms with Crippen LogP contribution in [0.15, 0.2) is 39.3 Å². The molecule has 0 aromatic heterocycles. The molecule has 0 heterocycles. The minimum atomic E-state index is -0.880.